The molecule has 2 heterocycles. The average Bonchev–Trinajstić information content (AvgIpc) is 3.26. The van der Waals surface area contributed by atoms with E-state index in [-0.39, 0.29) is 23.8 Å². The van der Waals surface area contributed by atoms with Crippen LogP contribution in [0.2, 0.25) is 0 Å². The highest BCUT2D eigenvalue weighted by Gasteiger charge is 2.51. The molecule has 210 valence electrons. The summed E-state index contributed by atoms with van der Waals surface area (Å²) < 4.78 is 82.0. The van der Waals surface area contributed by atoms with Crippen LogP contribution in [0.3, 0.4) is 0 Å². The number of aromatic nitrogens is 2. The van der Waals surface area contributed by atoms with Gasteiger partial charge in [-0.1, -0.05) is 13.0 Å². The first-order chi connectivity index (χ1) is 18.3. The SMILES string of the molecule is CO[C@H]1C[C@@H](S(=O)(=O)c2ccc(-c3cnn(CC4(C)COC4)c3)cc2C(F)(F)F)CC1C(=O)NC1(C#N)CC1. The summed E-state index contributed by atoms with van der Waals surface area (Å²) in [7, 11) is -3.16. The molecule has 2 saturated carbocycles. The van der Waals surface area contributed by atoms with Crippen molar-refractivity contribution in [2.45, 2.75) is 67.1 Å². The first-order valence-corrected chi connectivity index (χ1v) is 14.2. The molecule has 1 aliphatic heterocycles. The van der Waals surface area contributed by atoms with E-state index in [1.807, 2.05) is 13.0 Å². The molecule has 1 amide bonds. The number of sulfone groups is 1. The molecule has 0 bridgehead atoms. The van der Waals surface area contributed by atoms with Crippen molar-refractivity contribution in [3.8, 4) is 17.2 Å². The summed E-state index contributed by atoms with van der Waals surface area (Å²) in [6, 6.07) is 5.20. The Morgan fingerprint density at radius 2 is 2.00 bits per heavy atom. The van der Waals surface area contributed by atoms with E-state index in [4.69, 9.17) is 9.47 Å². The number of hydrogen-bond acceptors (Lipinski definition) is 7. The highest BCUT2D eigenvalue weighted by Crippen LogP contribution is 2.43. The van der Waals surface area contributed by atoms with Crippen LogP contribution in [0.1, 0.15) is 38.2 Å². The molecule has 1 saturated heterocycles. The highest BCUT2D eigenvalue weighted by atomic mass is 32.2. The van der Waals surface area contributed by atoms with Gasteiger partial charge in [-0.05, 0) is 43.4 Å². The van der Waals surface area contributed by atoms with Crippen molar-refractivity contribution in [3.63, 3.8) is 0 Å². The molecule has 3 atom stereocenters. The van der Waals surface area contributed by atoms with Crippen molar-refractivity contribution in [3.05, 3.63) is 36.2 Å². The number of rotatable bonds is 8. The summed E-state index contributed by atoms with van der Waals surface area (Å²) in [5, 5.41) is 14.9. The molecule has 5 rings (SSSR count). The highest BCUT2D eigenvalue weighted by molar-refractivity contribution is 7.92. The Morgan fingerprint density at radius 1 is 1.28 bits per heavy atom. The molecule has 13 heteroatoms. The quantitative estimate of drug-likeness (QED) is 0.520. The van der Waals surface area contributed by atoms with Gasteiger partial charge in [0, 0.05) is 24.3 Å². The molecule has 0 spiro atoms. The number of benzene rings is 1. The van der Waals surface area contributed by atoms with E-state index in [0.717, 1.165) is 12.1 Å². The molecule has 3 fully saturated rings. The van der Waals surface area contributed by atoms with E-state index in [2.05, 4.69) is 10.4 Å². The van der Waals surface area contributed by atoms with Crippen LogP contribution in [0.4, 0.5) is 13.2 Å². The Morgan fingerprint density at radius 3 is 2.56 bits per heavy atom. The monoisotopic (exact) mass is 566 g/mol. The van der Waals surface area contributed by atoms with Crippen molar-refractivity contribution >= 4 is 15.7 Å². The first kappa shape index (κ1) is 27.6. The Bertz CT molecular complexity index is 1420. The molecule has 0 radical (unpaired) electrons. The van der Waals surface area contributed by atoms with Crippen molar-refractivity contribution in [2.75, 3.05) is 20.3 Å². The molecule has 1 unspecified atom stereocenters. The predicted molar refractivity (Wildman–Crippen MR) is 132 cm³/mol. The van der Waals surface area contributed by atoms with Crippen molar-refractivity contribution < 1.29 is 35.9 Å². The molecule has 39 heavy (non-hydrogen) atoms. The van der Waals surface area contributed by atoms with E-state index in [0.29, 0.717) is 38.2 Å². The zero-order valence-electron chi connectivity index (χ0n) is 21.5. The molecule has 3 aliphatic rings. The molecule has 1 aromatic carbocycles. The van der Waals surface area contributed by atoms with E-state index < -0.39 is 55.2 Å². The topological polar surface area (TPSA) is 123 Å². The number of halogens is 3. The summed E-state index contributed by atoms with van der Waals surface area (Å²) in [5.41, 5.74) is -1.70. The lowest BCUT2D eigenvalue weighted by molar-refractivity contribution is -0.139. The Hall–Kier alpha value is -2.95. The van der Waals surface area contributed by atoms with Gasteiger partial charge in [0.2, 0.25) is 5.91 Å². The Labute approximate surface area is 224 Å². The fourth-order valence-electron chi connectivity index (χ4n) is 5.35. The van der Waals surface area contributed by atoms with Gasteiger partial charge < -0.3 is 14.8 Å². The number of nitrogens with one attached hydrogen (secondary N) is 1. The Kier molecular flexibility index (Phi) is 6.80. The van der Waals surface area contributed by atoms with Gasteiger partial charge in [0.05, 0.1) is 59.8 Å². The summed E-state index contributed by atoms with van der Waals surface area (Å²) >= 11 is 0. The smallest absolute Gasteiger partial charge is 0.381 e. The van der Waals surface area contributed by atoms with Crippen LogP contribution < -0.4 is 5.32 Å². The number of carbonyl (C=O) groups excluding carboxylic acids is 1. The summed E-state index contributed by atoms with van der Waals surface area (Å²) in [4.78, 5) is 12.0. The third-order valence-corrected chi connectivity index (χ3v) is 10.1. The number of amides is 1. The predicted octanol–water partition coefficient (Wildman–Crippen LogP) is 3.35. The molecular weight excluding hydrogens is 537 g/mol. The maximum Gasteiger partial charge on any atom is 0.417 e. The van der Waals surface area contributed by atoms with E-state index in [9.17, 15) is 31.6 Å². The maximum atomic E-state index is 14.2. The first-order valence-electron chi connectivity index (χ1n) is 12.6. The van der Waals surface area contributed by atoms with Crippen LogP contribution in [0, 0.1) is 22.7 Å². The molecular formula is C26H29F3N4O5S. The molecule has 1 N–H and O–H groups in total. The van der Waals surface area contributed by atoms with Crippen molar-refractivity contribution in [1.29, 1.82) is 5.26 Å². The van der Waals surface area contributed by atoms with E-state index in [1.54, 1.807) is 10.9 Å². The summed E-state index contributed by atoms with van der Waals surface area (Å²) in [5.74, 6) is -1.42. The largest absolute Gasteiger partial charge is 0.417 e. The molecule has 2 aliphatic carbocycles. The zero-order valence-corrected chi connectivity index (χ0v) is 22.3. The number of methoxy groups -OCH3 is 1. The lowest BCUT2D eigenvalue weighted by Gasteiger charge is -2.37. The number of carbonyl (C=O) groups is 1. The van der Waals surface area contributed by atoms with Crippen LogP contribution in [-0.4, -0.2) is 61.3 Å². The number of alkyl halides is 3. The standard InChI is InChI=1S/C26H29F3N4O5S/c1-24(14-38-15-24)13-33-11-17(10-31-33)16-3-4-22(20(7-16)26(27,28)29)39(35,36)18-8-19(21(9-18)37-2)23(34)32-25(12-30)5-6-25/h3-4,7,10-11,18-19,21H,5-6,8-9,13-15H2,1-2H3,(H,32,34)/t18-,19?,21-/m0/s1. The van der Waals surface area contributed by atoms with Gasteiger partial charge in [-0.15, -0.1) is 0 Å². The number of hydrogen-bond donors (Lipinski definition) is 1. The van der Waals surface area contributed by atoms with Crippen molar-refractivity contribution in [1.82, 2.24) is 15.1 Å². The van der Waals surface area contributed by atoms with E-state index in [1.165, 1.54) is 19.4 Å². The molecule has 2 aromatic rings. The summed E-state index contributed by atoms with van der Waals surface area (Å²) in [6.07, 6.45) is -2.01. The Balaban J connectivity index is 1.41. The number of ether oxygens (including phenoxy) is 2. The van der Waals surface area contributed by atoms with Gasteiger partial charge in [-0.3, -0.25) is 9.48 Å². The molecule has 1 aromatic heterocycles. The lowest BCUT2D eigenvalue weighted by Crippen LogP contribution is -2.43. The fraction of sp³-hybridized carbons (Fsp3) is 0.577. The molecule has 9 nitrogen and oxygen atoms in total. The van der Waals surface area contributed by atoms with Gasteiger partial charge in [-0.25, -0.2) is 8.42 Å². The third kappa shape index (κ3) is 5.29. The number of nitrogens with zero attached hydrogens (tertiary/aromatic N) is 3. The third-order valence-electron chi connectivity index (χ3n) is 7.87. The van der Waals surface area contributed by atoms with Crippen LogP contribution in [0.25, 0.3) is 11.1 Å². The zero-order chi connectivity index (χ0) is 28.2. The number of nitriles is 1. The average molecular weight is 567 g/mol. The van der Waals surface area contributed by atoms with Crippen LogP contribution in [0.5, 0.6) is 0 Å². The second kappa shape index (κ2) is 9.60. The minimum absolute atomic E-state index is 0.0949. The summed E-state index contributed by atoms with van der Waals surface area (Å²) in [6.45, 7) is 3.70. The van der Waals surface area contributed by atoms with Gasteiger partial charge in [-0.2, -0.15) is 23.5 Å². The minimum Gasteiger partial charge on any atom is -0.381 e. The maximum absolute atomic E-state index is 14.2. The van der Waals surface area contributed by atoms with Crippen LogP contribution >= 0.6 is 0 Å². The van der Waals surface area contributed by atoms with E-state index >= 15 is 0 Å². The second-order valence-corrected chi connectivity index (χ2v) is 13.3. The van der Waals surface area contributed by atoms with Gasteiger partial charge in [0.25, 0.3) is 0 Å². The fourth-order valence-corrected chi connectivity index (χ4v) is 7.36. The minimum atomic E-state index is -4.94. The van der Waals surface area contributed by atoms with Gasteiger partial charge in [0.1, 0.15) is 5.54 Å². The van der Waals surface area contributed by atoms with Crippen molar-refractivity contribution in [2.24, 2.45) is 11.3 Å². The second-order valence-electron chi connectivity index (χ2n) is 11.1. The van der Waals surface area contributed by atoms with Crippen LogP contribution in [0.15, 0.2) is 35.5 Å². The lowest BCUT2D eigenvalue weighted by atomic mass is 9.89. The normalized spacial score (nSPS) is 25.5. The van der Waals surface area contributed by atoms with Gasteiger partial charge >= 0.3 is 6.18 Å². The van der Waals surface area contributed by atoms with Gasteiger partial charge in [0.15, 0.2) is 9.84 Å². The van der Waals surface area contributed by atoms with Crippen LogP contribution in [-0.2, 0) is 36.8 Å².